The Balaban J connectivity index is 1.97. The fourth-order valence-corrected chi connectivity index (χ4v) is 2.70. The largest absolute Gasteiger partial charge is 0.417 e. The number of nitrogens with two attached hydrogens (primary N) is 1. The normalized spacial score (nSPS) is 19.4. The van der Waals surface area contributed by atoms with Crippen LogP contribution in [0.1, 0.15) is 55.8 Å². The van der Waals surface area contributed by atoms with E-state index in [1.54, 1.807) is 0 Å². The van der Waals surface area contributed by atoms with Crippen LogP contribution >= 0.6 is 0 Å². The van der Waals surface area contributed by atoms with Crippen LogP contribution in [0.5, 0.6) is 0 Å². The Labute approximate surface area is 111 Å². The van der Waals surface area contributed by atoms with Crippen molar-refractivity contribution in [3.8, 4) is 0 Å². The van der Waals surface area contributed by atoms with E-state index in [1.807, 2.05) is 0 Å². The van der Waals surface area contributed by atoms with E-state index in [2.05, 4.69) is 4.98 Å². The van der Waals surface area contributed by atoms with Gasteiger partial charge in [-0.1, -0.05) is 32.1 Å². The average molecular weight is 272 g/mol. The van der Waals surface area contributed by atoms with Gasteiger partial charge in [0, 0.05) is 12.2 Å². The molecule has 1 aromatic rings. The first-order chi connectivity index (χ1) is 8.97. The van der Waals surface area contributed by atoms with E-state index in [1.165, 1.54) is 38.2 Å². The number of nitrogens with zero attached hydrogens (tertiary/aromatic N) is 1. The monoisotopic (exact) mass is 272 g/mol. The minimum absolute atomic E-state index is 0.259. The quantitative estimate of drug-likeness (QED) is 0.900. The van der Waals surface area contributed by atoms with Gasteiger partial charge in [-0.25, -0.2) is 0 Å². The lowest BCUT2D eigenvalue weighted by atomic mass is 9.84. The van der Waals surface area contributed by atoms with Crippen molar-refractivity contribution >= 4 is 0 Å². The van der Waals surface area contributed by atoms with Crippen LogP contribution in [0.15, 0.2) is 18.3 Å². The summed E-state index contributed by atoms with van der Waals surface area (Å²) in [5.41, 5.74) is 5.87. The topological polar surface area (TPSA) is 38.9 Å². The van der Waals surface area contributed by atoms with Crippen molar-refractivity contribution in [2.45, 2.75) is 50.7 Å². The zero-order valence-corrected chi connectivity index (χ0v) is 10.8. The minimum Gasteiger partial charge on any atom is -0.323 e. The van der Waals surface area contributed by atoms with Gasteiger partial charge in [-0.3, -0.25) is 4.98 Å². The Hall–Kier alpha value is -1.10. The van der Waals surface area contributed by atoms with Crippen molar-refractivity contribution in [2.24, 2.45) is 11.7 Å². The van der Waals surface area contributed by atoms with Crippen molar-refractivity contribution in [2.75, 3.05) is 0 Å². The van der Waals surface area contributed by atoms with E-state index >= 15 is 0 Å². The molecule has 2 rings (SSSR count). The number of aromatic nitrogens is 1. The van der Waals surface area contributed by atoms with Crippen LogP contribution in [0.4, 0.5) is 13.2 Å². The maximum absolute atomic E-state index is 12.4. The van der Waals surface area contributed by atoms with Crippen LogP contribution in [-0.4, -0.2) is 4.98 Å². The highest BCUT2D eigenvalue weighted by atomic mass is 19.4. The fraction of sp³-hybridized carbons (Fsp3) is 0.643. The van der Waals surface area contributed by atoms with E-state index in [-0.39, 0.29) is 6.04 Å². The van der Waals surface area contributed by atoms with Gasteiger partial charge in [-0.05, 0) is 24.5 Å². The summed E-state index contributed by atoms with van der Waals surface area (Å²) in [6.45, 7) is 0. The molecule has 0 spiro atoms. The molecule has 1 fully saturated rings. The Kier molecular flexibility index (Phi) is 4.45. The molecular weight excluding hydrogens is 253 g/mol. The molecule has 1 heterocycles. The van der Waals surface area contributed by atoms with Crippen LogP contribution in [0.25, 0.3) is 0 Å². The SMILES string of the molecule is NC(CC1CCCCC1)c1ccc(C(F)(F)F)cn1. The molecule has 106 valence electrons. The van der Waals surface area contributed by atoms with E-state index < -0.39 is 11.7 Å². The standard InChI is InChI=1S/C14H19F3N2/c15-14(16,17)11-6-7-13(19-9-11)12(18)8-10-4-2-1-3-5-10/h6-7,9-10,12H,1-5,8,18H2. The maximum atomic E-state index is 12.4. The second kappa shape index (κ2) is 5.90. The number of halogens is 3. The zero-order valence-electron chi connectivity index (χ0n) is 10.8. The summed E-state index contributed by atoms with van der Waals surface area (Å²) in [7, 11) is 0. The predicted molar refractivity (Wildman–Crippen MR) is 67.4 cm³/mol. The molecule has 1 atom stereocenters. The highest BCUT2D eigenvalue weighted by Crippen LogP contribution is 2.32. The molecule has 0 amide bonds. The molecule has 1 aliphatic rings. The van der Waals surface area contributed by atoms with Gasteiger partial charge in [-0.2, -0.15) is 13.2 Å². The van der Waals surface area contributed by atoms with Gasteiger partial charge in [0.1, 0.15) is 0 Å². The van der Waals surface area contributed by atoms with E-state index in [0.717, 1.165) is 18.7 Å². The third kappa shape index (κ3) is 3.93. The third-order valence-electron chi connectivity index (χ3n) is 3.81. The van der Waals surface area contributed by atoms with E-state index in [0.29, 0.717) is 11.6 Å². The lowest BCUT2D eigenvalue weighted by Crippen LogP contribution is -2.19. The smallest absolute Gasteiger partial charge is 0.323 e. The summed E-state index contributed by atoms with van der Waals surface area (Å²) in [6.07, 6.45) is 3.45. The number of hydrogen-bond acceptors (Lipinski definition) is 2. The van der Waals surface area contributed by atoms with Gasteiger partial charge in [0.2, 0.25) is 0 Å². The van der Waals surface area contributed by atoms with Crippen LogP contribution in [0.2, 0.25) is 0 Å². The molecule has 0 aliphatic heterocycles. The number of alkyl halides is 3. The number of hydrogen-bond donors (Lipinski definition) is 1. The number of pyridine rings is 1. The minimum atomic E-state index is -4.33. The summed E-state index contributed by atoms with van der Waals surface area (Å²) >= 11 is 0. The molecule has 1 aromatic heterocycles. The summed E-state index contributed by atoms with van der Waals surface area (Å²) in [5.74, 6) is 0.591. The average Bonchev–Trinajstić information content (AvgIpc) is 2.39. The van der Waals surface area contributed by atoms with Gasteiger partial charge in [0.05, 0.1) is 11.3 Å². The Bertz CT molecular complexity index is 394. The summed E-state index contributed by atoms with van der Waals surface area (Å²) in [6, 6.07) is 2.20. The van der Waals surface area contributed by atoms with Gasteiger partial charge in [-0.15, -0.1) is 0 Å². The Morgan fingerprint density at radius 2 is 1.89 bits per heavy atom. The summed E-state index contributed by atoms with van der Waals surface area (Å²) in [4.78, 5) is 3.87. The van der Waals surface area contributed by atoms with Crippen LogP contribution < -0.4 is 5.73 Å². The van der Waals surface area contributed by atoms with Crippen LogP contribution in [0.3, 0.4) is 0 Å². The first-order valence-corrected chi connectivity index (χ1v) is 6.75. The van der Waals surface area contributed by atoms with Gasteiger partial charge in [0.25, 0.3) is 0 Å². The second-order valence-electron chi connectivity index (χ2n) is 5.32. The van der Waals surface area contributed by atoms with Crippen molar-refractivity contribution in [3.05, 3.63) is 29.6 Å². The lowest BCUT2D eigenvalue weighted by molar-refractivity contribution is -0.137. The molecule has 0 saturated heterocycles. The van der Waals surface area contributed by atoms with Crippen molar-refractivity contribution in [1.82, 2.24) is 4.98 Å². The highest BCUT2D eigenvalue weighted by molar-refractivity contribution is 5.18. The van der Waals surface area contributed by atoms with Gasteiger partial charge < -0.3 is 5.73 Å². The molecule has 5 heteroatoms. The maximum Gasteiger partial charge on any atom is 0.417 e. The van der Waals surface area contributed by atoms with Crippen LogP contribution in [-0.2, 0) is 6.18 Å². The number of rotatable bonds is 3. The third-order valence-corrected chi connectivity index (χ3v) is 3.81. The highest BCUT2D eigenvalue weighted by Gasteiger charge is 2.31. The molecule has 1 aliphatic carbocycles. The van der Waals surface area contributed by atoms with Crippen molar-refractivity contribution in [3.63, 3.8) is 0 Å². The fourth-order valence-electron chi connectivity index (χ4n) is 2.70. The lowest BCUT2D eigenvalue weighted by Gasteiger charge is -2.24. The predicted octanol–water partition coefficient (Wildman–Crippen LogP) is 4.07. The Morgan fingerprint density at radius 1 is 1.21 bits per heavy atom. The summed E-state index contributed by atoms with van der Waals surface area (Å²) < 4.78 is 37.3. The summed E-state index contributed by atoms with van der Waals surface area (Å²) in [5, 5.41) is 0. The van der Waals surface area contributed by atoms with Crippen LogP contribution in [0, 0.1) is 5.92 Å². The first kappa shape index (κ1) is 14.3. The molecule has 0 aromatic carbocycles. The van der Waals surface area contributed by atoms with E-state index in [4.69, 9.17) is 5.73 Å². The second-order valence-corrected chi connectivity index (χ2v) is 5.32. The molecule has 1 unspecified atom stereocenters. The van der Waals surface area contributed by atoms with Crippen molar-refractivity contribution in [1.29, 1.82) is 0 Å². The van der Waals surface area contributed by atoms with Gasteiger partial charge in [0.15, 0.2) is 0 Å². The molecule has 1 saturated carbocycles. The molecule has 19 heavy (non-hydrogen) atoms. The molecule has 0 bridgehead atoms. The molecule has 2 nitrogen and oxygen atoms in total. The molecule has 2 N–H and O–H groups in total. The molecule has 0 radical (unpaired) electrons. The first-order valence-electron chi connectivity index (χ1n) is 6.75. The van der Waals surface area contributed by atoms with Gasteiger partial charge >= 0.3 is 6.18 Å². The molecular formula is C14H19F3N2. The van der Waals surface area contributed by atoms with Crippen molar-refractivity contribution < 1.29 is 13.2 Å². The zero-order chi connectivity index (χ0) is 13.9. The van der Waals surface area contributed by atoms with E-state index in [9.17, 15) is 13.2 Å². The Morgan fingerprint density at radius 3 is 2.42 bits per heavy atom.